The first-order valence-corrected chi connectivity index (χ1v) is 9.06. The van der Waals surface area contributed by atoms with Crippen molar-refractivity contribution >= 4 is 11.9 Å². The van der Waals surface area contributed by atoms with Crippen LogP contribution >= 0.6 is 0 Å². The van der Waals surface area contributed by atoms with Crippen molar-refractivity contribution in [1.82, 2.24) is 4.90 Å². The molecule has 2 aliphatic heterocycles. The van der Waals surface area contributed by atoms with Crippen LogP contribution in [-0.4, -0.2) is 44.7 Å². The number of hydrogen-bond donors (Lipinski definition) is 2. The zero-order valence-electron chi connectivity index (χ0n) is 14.9. The molecule has 1 aromatic carbocycles. The van der Waals surface area contributed by atoms with Crippen molar-refractivity contribution in [3.63, 3.8) is 0 Å². The number of aromatic carboxylic acids is 1. The van der Waals surface area contributed by atoms with E-state index in [2.05, 4.69) is 0 Å². The number of carbonyl (C=O) groups is 2. The molecule has 2 aliphatic rings. The summed E-state index contributed by atoms with van der Waals surface area (Å²) in [5.74, 6) is -3.01. The minimum Gasteiger partial charge on any atom is -0.478 e. The molecule has 0 saturated carbocycles. The number of benzene rings is 1. The van der Waals surface area contributed by atoms with Gasteiger partial charge in [-0.1, -0.05) is 6.07 Å². The lowest BCUT2D eigenvalue weighted by Crippen LogP contribution is -2.54. The molecule has 2 unspecified atom stereocenters. The van der Waals surface area contributed by atoms with Gasteiger partial charge >= 0.3 is 5.97 Å². The molecule has 8 heteroatoms. The fourth-order valence-electron chi connectivity index (χ4n) is 4.51. The minimum atomic E-state index is -1.20. The van der Waals surface area contributed by atoms with Crippen molar-refractivity contribution in [2.75, 3.05) is 0 Å². The number of carboxylic acid groups (broad SMARTS) is 1. The number of carbonyl (C=O) groups excluding carboxylic acids is 1. The number of piperidine rings is 1. The van der Waals surface area contributed by atoms with E-state index >= 15 is 0 Å². The highest BCUT2D eigenvalue weighted by Crippen LogP contribution is 2.43. The monoisotopic (exact) mass is 391 g/mol. The average molecular weight is 391 g/mol. The quantitative estimate of drug-likeness (QED) is 0.836. The van der Waals surface area contributed by atoms with Crippen LogP contribution in [0.2, 0.25) is 0 Å². The van der Waals surface area contributed by atoms with E-state index in [1.807, 2.05) is 0 Å². The summed E-state index contributed by atoms with van der Waals surface area (Å²) in [6.07, 6.45) is 2.97. The lowest BCUT2D eigenvalue weighted by atomic mass is 9.81. The third kappa shape index (κ3) is 3.28. The zero-order chi connectivity index (χ0) is 20.1. The SMILES string of the molecule is O=C(O)c1coc(C(=O)N2C3CCC2CC(O)(Cc2ccc(F)cc2F)C3)c1. The van der Waals surface area contributed by atoms with Gasteiger partial charge in [0.15, 0.2) is 5.76 Å². The van der Waals surface area contributed by atoms with E-state index in [-0.39, 0.29) is 48.2 Å². The summed E-state index contributed by atoms with van der Waals surface area (Å²) in [6, 6.07) is 3.97. The molecule has 2 bridgehead atoms. The molecule has 0 spiro atoms. The van der Waals surface area contributed by atoms with Crippen LogP contribution in [0.5, 0.6) is 0 Å². The number of rotatable bonds is 4. The Kier molecular flexibility index (Phi) is 4.45. The third-order valence-corrected chi connectivity index (χ3v) is 5.68. The van der Waals surface area contributed by atoms with Gasteiger partial charge in [-0.2, -0.15) is 0 Å². The van der Waals surface area contributed by atoms with Gasteiger partial charge in [-0.15, -0.1) is 0 Å². The lowest BCUT2D eigenvalue weighted by Gasteiger charge is -2.43. The van der Waals surface area contributed by atoms with Gasteiger partial charge < -0.3 is 19.5 Å². The van der Waals surface area contributed by atoms with E-state index in [1.165, 1.54) is 12.1 Å². The van der Waals surface area contributed by atoms with Gasteiger partial charge in [0.25, 0.3) is 5.91 Å². The van der Waals surface area contributed by atoms with Gasteiger partial charge in [0, 0.05) is 30.6 Å². The molecular formula is C20H19F2NO5. The molecule has 3 heterocycles. The highest BCUT2D eigenvalue weighted by atomic mass is 19.1. The van der Waals surface area contributed by atoms with Crippen molar-refractivity contribution in [2.45, 2.75) is 49.8 Å². The largest absolute Gasteiger partial charge is 0.478 e. The van der Waals surface area contributed by atoms with Crippen LogP contribution in [0.1, 0.15) is 52.2 Å². The number of aliphatic hydroxyl groups is 1. The Morgan fingerprint density at radius 3 is 2.43 bits per heavy atom. The normalized spacial score (nSPS) is 26.5. The fraction of sp³-hybridized carbons (Fsp3) is 0.400. The molecule has 2 atom stereocenters. The van der Waals surface area contributed by atoms with Crippen molar-refractivity contribution in [3.8, 4) is 0 Å². The Labute approximate surface area is 159 Å². The minimum absolute atomic E-state index is 0.0397. The molecule has 2 aromatic rings. The lowest BCUT2D eigenvalue weighted by molar-refractivity contribution is -0.0438. The van der Waals surface area contributed by atoms with Crippen LogP contribution in [0.4, 0.5) is 8.78 Å². The summed E-state index contributed by atoms with van der Waals surface area (Å²) >= 11 is 0. The molecule has 0 aliphatic carbocycles. The molecule has 4 rings (SSSR count). The number of halogens is 2. The first-order chi connectivity index (χ1) is 13.3. The van der Waals surface area contributed by atoms with Crippen molar-refractivity contribution in [2.24, 2.45) is 0 Å². The van der Waals surface area contributed by atoms with Crippen LogP contribution in [0.25, 0.3) is 0 Å². The van der Waals surface area contributed by atoms with E-state index < -0.39 is 29.1 Å². The summed E-state index contributed by atoms with van der Waals surface area (Å²) < 4.78 is 32.2. The third-order valence-electron chi connectivity index (χ3n) is 5.68. The van der Waals surface area contributed by atoms with Crippen LogP contribution in [0.15, 0.2) is 34.9 Å². The van der Waals surface area contributed by atoms with Crippen molar-refractivity contribution < 1.29 is 33.0 Å². The number of amides is 1. The van der Waals surface area contributed by atoms with Gasteiger partial charge in [-0.3, -0.25) is 4.79 Å². The van der Waals surface area contributed by atoms with Crippen LogP contribution in [0, 0.1) is 11.6 Å². The van der Waals surface area contributed by atoms with Gasteiger partial charge in [-0.25, -0.2) is 13.6 Å². The molecule has 1 aromatic heterocycles. The predicted molar refractivity (Wildman–Crippen MR) is 92.9 cm³/mol. The molecule has 28 heavy (non-hydrogen) atoms. The maximum absolute atomic E-state index is 14.0. The molecule has 148 valence electrons. The molecule has 2 fully saturated rings. The maximum atomic E-state index is 14.0. The zero-order valence-corrected chi connectivity index (χ0v) is 14.9. The molecule has 2 saturated heterocycles. The molecule has 0 radical (unpaired) electrons. The van der Waals surface area contributed by atoms with Crippen LogP contribution in [-0.2, 0) is 6.42 Å². The number of nitrogens with zero attached hydrogens (tertiary/aromatic N) is 1. The summed E-state index contributed by atoms with van der Waals surface area (Å²) in [5.41, 5.74) is -1.06. The topological polar surface area (TPSA) is 91.0 Å². The van der Waals surface area contributed by atoms with Crippen LogP contribution in [0.3, 0.4) is 0 Å². The van der Waals surface area contributed by atoms with E-state index in [0.29, 0.717) is 12.8 Å². The maximum Gasteiger partial charge on any atom is 0.338 e. The molecule has 2 N–H and O–H groups in total. The Balaban J connectivity index is 1.52. The van der Waals surface area contributed by atoms with Crippen molar-refractivity contribution in [3.05, 3.63) is 59.1 Å². The number of carboxylic acids is 1. The number of furan rings is 1. The van der Waals surface area contributed by atoms with E-state index in [0.717, 1.165) is 18.4 Å². The van der Waals surface area contributed by atoms with E-state index in [9.17, 15) is 23.5 Å². The summed E-state index contributed by atoms with van der Waals surface area (Å²) in [4.78, 5) is 25.4. The predicted octanol–water partition coefficient (Wildman–Crippen LogP) is 3.00. The number of hydrogen-bond acceptors (Lipinski definition) is 4. The fourth-order valence-corrected chi connectivity index (χ4v) is 4.51. The first-order valence-electron chi connectivity index (χ1n) is 9.06. The summed E-state index contributed by atoms with van der Waals surface area (Å²) in [5, 5.41) is 20.0. The van der Waals surface area contributed by atoms with Gasteiger partial charge in [-0.05, 0) is 37.3 Å². The number of fused-ring (bicyclic) bond motifs is 2. The van der Waals surface area contributed by atoms with Crippen LogP contribution < -0.4 is 0 Å². The molecule has 6 nitrogen and oxygen atoms in total. The second-order valence-electron chi connectivity index (χ2n) is 7.65. The molecule has 1 amide bonds. The smallest absolute Gasteiger partial charge is 0.338 e. The first kappa shape index (κ1) is 18.6. The highest BCUT2D eigenvalue weighted by molar-refractivity contribution is 5.96. The second kappa shape index (κ2) is 6.70. The van der Waals surface area contributed by atoms with Gasteiger partial charge in [0.05, 0.1) is 11.2 Å². The van der Waals surface area contributed by atoms with Crippen molar-refractivity contribution in [1.29, 1.82) is 0 Å². The van der Waals surface area contributed by atoms with Gasteiger partial charge in [0.2, 0.25) is 0 Å². The Bertz CT molecular complexity index is 926. The standard InChI is InChI=1S/C20H19F2NO5/c21-13-2-1-11(16(22)6-13)7-20(27)8-14-3-4-15(9-20)23(14)18(24)17-5-12(10-28-17)19(25)26/h1-2,5-6,10,14-15,27H,3-4,7-9H2,(H,25,26). The van der Waals surface area contributed by atoms with E-state index in [1.54, 1.807) is 4.90 Å². The Hall–Kier alpha value is -2.74. The molecular weight excluding hydrogens is 372 g/mol. The summed E-state index contributed by atoms with van der Waals surface area (Å²) in [6.45, 7) is 0. The Morgan fingerprint density at radius 2 is 1.86 bits per heavy atom. The Morgan fingerprint density at radius 1 is 1.18 bits per heavy atom. The highest BCUT2D eigenvalue weighted by Gasteiger charge is 2.50. The average Bonchev–Trinajstić information content (AvgIpc) is 3.21. The summed E-state index contributed by atoms with van der Waals surface area (Å²) in [7, 11) is 0. The van der Waals surface area contributed by atoms with Gasteiger partial charge in [0.1, 0.15) is 17.9 Å². The van der Waals surface area contributed by atoms with E-state index in [4.69, 9.17) is 9.52 Å². The second-order valence-corrected chi connectivity index (χ2v) is 7.65.